The molecule has 0 nitrogen and oxygen atoms in total. The summed E-state index contributed by atoms with van der Waals surface area (Å²) in [5, 5.41) is 0.699. The van der Waals surface area contributed by atoms with E-state index in [1.807, 2.05) is 0 Å². The van der Waals surface area contributed by atoms with E-state index in [-0.39, 0.29) is 0 Å². The second kappa shape index (κ2) is 5.64. The third-order valence-corrected chi connectivity index (χ3v) is 3.41. The Morgan fingerprint density at radius 2 is 2.10 bits per heavy atom. The van der Waals surface area contributed by atoms with Crippen LogP contribution < -0.4 is 0 Å². The summed E-state index contributed by atoms with van der Waals surface area (Å²) in [6.07, 6.45) is 1.63. The number of rotatable bonds is 3. The molecule has 0 radical (unpaired) electrons. The fourth-order valence-electron chi connectivity index (χ4n) is 0.395. The molecule has 0 amide bonds. The monoisotopic (exact) mass is 306 g/mol. The van der Waals surface area contributed by atoms with Crippen molar-refractivity contribution in [2.45, 2.75) is 4.84 Å². The van der Waals surface area contributed by atoms with E-state index in [1.54, 1.807) is 6.08 Å². The summed E-state index contributed by atoms with van der Waals surface area (Å²) in [5.74, 6) is 0. The topological polar surface area (TPSA) is 0 Å². The van der Waals surface area contributed by atoms with Gasteiger partial charge in [-0.25, -0.2) is 0 Å². The van der Waals surface area contributed by atoms with Crippen LogP contribution in [0, 0.1) is 0 Å². The van der Waals surface area contributed by atoms with Gasteiger partial charge in [-0.15, -0.1) is 23.2 Å². The number of hydrogen-bond acceptors (Lipinski definition) is 0. The van der Waals surface area contributed by atoms with Crippen LogP contribution in [0.25, 0.3) is 0 Å². The van der Waals surface area contributed by atoms with Crippen molar-refractivity contribution in [1.82, 2.24) is 0 Å². The van der Waals surface area contributed by atoms with Crippen LogP contribution in [0.1, 0.15) is 0 Å². The van der Waals surface area contributed by atoms with Gasteiger partial charge in [-0.1, -0.05) is 44.5 Å². The summed E-state index contributed by atoms with van der Waals surface area (Å²) in [5.41, 5.74) is 0.806. The van der Waals surface area contributed by atoms with Gasteiger partial charge in [0, 0.05) is 9.81 Å². The van der Waals surface area contributed by atoms with E-state index in [0.717, 1.165) is 10.1 Å². The van der Waals surface area contributed by atoms with Crippen molar-refractivity contribution in [2.24, 2.45) is 0 Å². The average molecular weight is 309 g/mol. The lowest BCUT2D eigenvalue weighted by Gasteiger charge is -2.03. The Morgan fingerprint density at radius 3 is 2.20 bits per heavy atom. The van der Waals surface area contributed by atoms with Gasteiger partial charge in [0.2, 0.25) is 0 Å². The van der Waals surface area contributed by atoms with Gasteiger partial charge in [-0.05, 0) is 5.57 Å². The van der Waals surface area contributed by atoms with Crippen LogP contribution in [-0.4, -0.2) is 10.2 Å². The molecule has 0 aliphatic carbocycles. The first-order valence-corrected chi connectivity index (χ1v) is 5.27. The molecule has 0 atom stereocenters. The normalized spacial score (nSPS) is 13.3. The van der Waals surface area contributed by atoms with E-state index in [1.165, 1.54) is 0 Å². The van der Waals surface area contributed by atoms with Crippen molar-refractivity contribution in [3.8, 4) is 0 Å². The molecule has 0 heterocycles. The molecule has 0 fully saturated rings. The predicted molar refractivity (Wildman–Crippen MR) is 55.4 cm³/mol. The van der Waals surface area contributed by atoms with Gasteiger partial charge in [0.05, 0.1) is 0 Å². The maximum absolute atomic E-state index is 5.60. The molecule has 4 heteroatoms. The number of hydrogen-bond donors (Lipinski definition) is 0. The zero-order chi connectivity index (χ0) is 8.15. The number of halogens is 4. The molecule has 0 aromatic heterocycles. The average Bonchev–Trinajstić information content (AvgIpc) is 1.88. The summed E-state index contributed by atoms with van der Waals surface area (Å²) >= 11 is 17.8. The molecule has 58 valence electrons. The molecule has 0 aromatic rings. The quantitative estimate of drug-likeness (QED) is 0.546. The first-order chi connectivity index (χ1) is 4.63. The Bertz CT molecular complexity index is 152. The Balaban J connectivity index is 4.45. The van der Waals surface area contributed by atoms with E-state index in [9.17, 15) is 0 Å². The minimum absolute atomic E-state index is 0.510. The number of alkyl halides is 3. The Morgan fingerprint density at radius 1 is 1.60 bits per heavy atom. The van der Waals surface area contributed by atoms with Gasteiger partial charge < -0.3 is 0 Å². The Labute approximate surface area is 87.5 Å². The van der Waals surface area contributed by atoms with Gasteiger partial charge >= 0.3 is 0 Å². The highest BCUT2D eigenvalue weighted by molar-refractivity contribution is 9.13. The van der Waals surface area contributed by atoms with E-state index in [2.05, 4.69) is 38.4 Å². The molecule has 0 N–H and O–H groups in total. The van der Waals surface area contributed by atoms with Gasteiger partial charge in [0.25, 0.3) is 0 Å². The van der Waals surface area contributed by atoms with Gasteiger partial charge in [0.1, 0.15) is 4.84 Å². The van der Waals surface area contributed by atoms with Crippen LogP contribution in [0.5, 0.6) is 0 Å². The van der Waals surface area contributed by atoms with Gasteiger partial charge in [0.15, 0.2) is 0 Å². The summed E-state index contributed by atoms with van der Waals surface area (Å²) in [6.45, 7) is 3.57. The number of allylic oxidation sites excluding steroid dienone is 3. The van der Waals surface area contributed by atoms with Crippen LogP contribution in [0.4, 0.5) is 0 Å². The lowest BCUT2D eigenvalue weighted by Crippen LogP contribution is -1.93. The standard InChI is InChI=1S/C6H6Br2Cl2/c1-2-4(6(9)10)5(8)3-7/h2,6H,1,3H2. The Kier molecular flexibility index (Phi) is 6.22. The molecule has 0 aliphatic rings. The molecule has 0 unspecified atom stereocenters. The minimum Gasteiger partial charge on any atom is -0.100 e. The van der Waals surface area contributed by atoms with E-state index >= 15 is 0 Å². The van der Waals surface area contributed by atoms with Crippen LogP contribution in [-0.2, 0) is 0 Å². The molecular formula is C6H6Br2Cl2. The van der Waals surface area contributed by atoms with Crippen LogP contribution in [0.3, 0.4) is 0 Å². The second-order valence-electron chi connectivity index (χ2n) is 1.50. The van der Waals surface area contributed by atoms with Gasteiger partial charge in [-0.3, -0.25) is 0 Å². The second-order valence-corrected chi connectivity index (χ2v) is 4.11. The highest BCUT2D eigenvalue weighted by Crippen LogP contribution is 2.24. The highest BCUT2D eigenvalue weighted by atomic mass is 79.9. The van der Waals surface area contributed by atoms with E-state index < -0.39 is 4.84 Å². The smallest absolute Gasteiger partial charge is 0.100 e. The van der Waals surface area contributed by atoms with Crippen molar-refractivity contribution < 1.29 is 0 Å². The largest absolute Gasteiger partial charge is 0.133 e. The first-order valence-electron chi connectivity index (χ1n) is 2.48. The van der Waals surface area contributed by atoms with E-state index in [4.69, 9.17) is 23.2 Å². The molecular weight excluding hydrogens is 303 g/mol. The molecule has 0 aliphatic heterocycles. The van der Waals surface area contributed by atoms with Gasteiger partial charge in [-0.2, -0.15) is 0 Å². The van der Waals surface area contributed by atoms with Crippen LogP contribution in [0.2, 0.25) is 0 Å². The summed E-state index contributed by atoms with van der Waals surface area (Å²) < 4.78 is 0.928. The predicted octanol–water partition coefficient (Wildman–Crippen LogP) is 4.02. The Hall–Kier alpha value is 1.02. The van der Waals surface area contributed by atoms with Crippen molar-refractivity contribution in [3.05, 3.63) is 22.7 Å². The van der Waals surface area contributed by atoms with Crippen LogP contribution >= 0.6 is 55.1 Å². The lowest BCUT2D eigenvalue weighted by atomic mass is 10.3. The maximum atomic E-state index is 5.60. The molecule has 0 bridgehead atoms. The highest BCUT2D eigenvalue weighted by Gasteiger charge is 2.06. The van der Waals surface area contributed by atoms with Crippen molar-refractivity contribution >= 4 is 55.1 Å². The van der Waals surface area contributed by atoms with Crippen molar-refractivity contribution in [1.29, 1.82) is 0 Å². The maximum Gasteiger partial charge on any atom is 0.133 e. The SMILES string of the molecule is C=CC(=C(Br)CBr)C(Cl)Cl. The third kappa shape index (κ3) is 3.42. The molecule has 0 spiro atoms. The molecule has 0 saturated carbocycles. The van der Waals surface area contributed by atoms with Crippen molar-refractivity contribution in [2.75, 3.05) is 5.33 Å². The summed E-state index contributed by atoms with van der Waals surface area (Å²) in [6, 6.07) is 0. The van der Waals surface area contributed by atoms with Crippen molar-refractivity contribution in [3.63, 3.8) is 0 Å². The minimum atomic E-state index is -0.510. The molecule has 0 saturated heterocycles. The fraction of sp³-hybridized carbons (Fsp3) is 0.333. The first kappa shape index (κ1) is 11.0. The summed E-state index contributed by atoms with van der Waals surface area (Å²) in [4.78, 5) is -0.510. The molecule has 0 rings (SSSR count). The zero-order valence-electron chi connectivity index (χ0n) is 5.08. The fourth-order valence-corrected chi connectivity index (χ4v) is 1.82. The van der Waals surface area contributed by atoms with E-state index in [0.29, 0.717) is 5.33 Å². The van der Waals surface area contributed by atoms with Crippen LogP contribution in [0.15, 0.2) is 22.7 Å². The summed E-state index contributed by atoms with van der Waals surface area (Å²) in [7, 11) is 0. The third-order valence-electron chi connectivity index (χ3n) is 0.886. The zero-order valence-corrected chi connectivity index (χ0v) is 9.76. The molecule has 0 aromatic carbocycles. The lowest BCUT2D eigenvalue weighted by molar-refractivity contribution is 1.41. The molecule has 10 heavy (non-hydrogen) atoms.